The maximum atomic E-state index is 15.4. The first-order chi connectivity index (χ1) is 11.8. The molecular formula is C15H22ClFN4O4. The Hall–Kier alpha value is -1.55. The van der Waals surface area contributed by atoms with Gasteiger partial charge in [0.25, 0.3) is 0 Å². The van der Waals surface area contributed by atoms with Crippen molar-refractivity contribution in [1.82, 2.24) is 19.5 Å². The molecule has 0 radical (unpaired) electrons. The number of halogens is 2. The number of hydrogen-bond acceptors (Lipinski definition) is 7. The lowest BCUT2D eigenvalue weighted by atomic mass is 9.74. The molecule has 0 aliphatic rings. The second kappa shape index (κ2) is 7.77. The molecule has 2 N–H and O–H groups in total. The number of aromatic nitrogens is 4. The van der Waals surface area contributed by atoms with Gasteiger partial charge in [-0.05, 0) is 17.5 Å². The van der Waals surface area contributed by atoms with Gasteiger partial charge in [-0.1, -0.05) is 13.8 Å². The third-order valence-corrected chi connectivity index (χ3v) is 4.86. The summed E-state index contributed by atoms with van der Waals surface area (Å²) in [5.74, 6) is -0.347. The molecule has 0 aliphatic heterocycles. The maximum absolute atomic E-state index is 15.4. The largest absolute Gasteiger partial charge is 0.479 e. The summed E-state index contributed by atoms with van der Waals surface area (Å²) < 4.78 is 27.2. The molecule has 0 saturated heterocycles. The van der Waals surface area contributed by atoms with Crippen molar-refractivity contribution in [3.8, 4) is 5.88 Å². The Balaban J connectivity index is 2.54. The minimum Gasteiger partial charge on any atom is -0.479 e. The summed E-state index contributed by atoms with van der Waals surface area (Å²) in [6, 6.07) is 0. The molecule has 4 atom stereocenters. The van der Waals surface area contributed by atoms with Gasteiger partial charge in [-0.25, -0.2) is 9.37 Å². The SMILES string of the molecule is COc1nc(Cl)nc2c1ncn2C(OC)C(F)C(C)(CO)C(C)CO. The van der Waals surface area contributed by atoms with Crippen molar-refractivity contribution in [2.75, 3.05) is 27.4 Å². The number of aliphatic hydroxyl groups excluding tert-OH is 2. The van der Waals surface area contributed by atoms with Crippen molar-refractivity contribution in [3.63, 3.8) is 0 Å². The van der Waals surface area contributed by atoms with Crippen LogP contribution in [0.15, 0.2) is 6.33 Å². The molecule has 2 rings (SSSR count). The van der Waals surface area contributed by atoms with Crippen LogP contribution in [0.4, 0.5) is 4.39 Å². The summed E-state index contributed by atoms with van der Waals surface area (Å²) in [6.07, 6.45) is -1.46. The van der Waals surface area contributed by atoms with Gasteiger partial charge in [-0.2, -0.15) is 9.97 Å². The lowest BCUT2D eigenvalue weighted by Gasteiger charge is -2.39. The molecule has 2 heterocycles. The Morgan fingerprint density at radius 3 is 2.56 bits per heavy atom. The van der Waals surface area contributed by atoms with Gasteiger partial charge in [-0.15, -0.1) is 0 Å². The normalized spacial score (nSPS) is 17.9. The molecular weight excluding hydrogens is 355 g/mol. The lowest BCUT2D eigenvalue weighted by Crippen LogP contribution is -2.45. The van der Waals surface area contributed by atoms with Crippen molar-refractivity contribution in [3.05, 3.63) is 11.6 Å². The van der Waals surface area contributed by atoms with Crippen LogP contribution in [0.1, 0.15) is 20.1 Å². The third kappa shape index (κ3) is 3.41. The van der Waals surface area contributed by atoms with E-state index in [0.29, 0.717) is 5.52 Å². The number of rotatable bonds is 8. The highest BCUT2D eigenvalue weighted by molar-refractivity contribution is 6.28. The van der Waals surface area contributed by atoms with Crippen LogP contribution in [0.2, 0.25) is 5.28 Å². The summed E-state index contributed by atoms with van der Waals surface area (Å²) in [4.78, 5) is 12.2. The van der Waals surface area contributed by atoms with E-state index in [1.165, 1.54) is 25.1 Å². The molecule has 140 valence electrons. The fourth-order valence-electron chi connectivity index (χ4n) is 2.62. The molecule has 0 bridgehead atoms. The van der Waals surface area contributed by atoms with Crippen molar-refractivity contribution >= 4 is 22.8 Å². The van der Waals surface area contributed by atoms with E-state index < -0.39 is 30.3 Å². The number of nitrogens with zero attached hydrogens (tertiary/aromatic N) is 4. The van der Waals surface area contributed by atoms with E-state index in [9.17, 15) is 10.2 Å². The average Bonchev–Trinajstić information content (AvgIpc) is 3.03. The molecule has 25 heavy (non-hydrogen) atoms. The van der Waals surface area contributed by atoms with E-state index in [1.54, 1.807) is 13.8 Å². The van der Waals surface area contributed by atoms with Gasteiger partial charge >= 0.3 is 0 Å². The highest BCUT2D eigenvalue weighted by atomic mass is 35.5. The standard InChI is InChI=1S/C15H22ClFN4O4/c1-8(5-22)15(2,6-23)10(17)13(25-4)21-7-18-9-11(21)19-14(16)20-12(9)24-3/h7-8,10,13,22-23H,5-6H2,1-4H3. The molecule has 2 aromatic heterocycles. The van der Waals surface area contributed by atoms with Gasteiger partial charge < -0.3 is 19.7 Å². The molecule has 0 aromatic carbocycles. The molecule has 0 saturated carbocycles. The Labute approximate surface area is 149 Å². The van der Waals surface area contributed by atoms with Crippen LogP contribution in [0.5, 0.6) is 5.88 Å². The molecule has 0 amide bonds. The van der Waals surface area contributed by atoms with Crippen LogP contribution in [-0.2, 0) is 4.74 Å². The van der Waals surface area contributed by atoms with Gasteiger partial charge in [-0.3, -0.25) is 4.57 Å². The molecule has 2 aromatic rings. The van der Waals surface area contributed by atoms with E-state index in [0.717, 1.165) is 0 Å². The Bertz CT molecular complexity index is 731. The highest BCUT2D eigenvalue weighted by Gasteiger charge is 2.45. The summed E-state index contributed by atoms with van der Waals surface area (Å²) in [7, 11) is 2.75. The van der Waals surface area contributed by atoms with E-state index in [2.05, 4.69) is 15.0 Å². The predicted molar refractivity (Wildman–Crippen MR) is 89.3 cm³/mol. The van der Waals surface area contributed by atoms with Gasteiger partial charge in [0.05, 0.1) is 20.0 Å². The van der Waals surface area contributed by atoms with Crippen LogP contribution >= 0.6 is 11.6 Å². The fourth-order valence-corrected chi connectivity index (χ4v) is 2.77. The average molecular weight is 377 g/mol. The van der Waals surface area contributed by atoms with Crippen LogP contribution in [0, 0.1) is 11.3 Å². The number of hydrogen-bond donors (Lipinski definition) is 2. The van der Waals surface area contributed by atoms with E-state index in [1.807, 2.05) is 0 Å². The first-order valence-electron chi connectivity index (χ1n) is 7.66. The molecule has 0 spiro atoms. The molecule has 0 aliphatic carbocycles. The van der Waals surface area contributed by atoms with Crippen LogP contribution < -0.4 is 4.74 Å². The first-order valence-corrected chi connectivity index (χ1v) is 8.04. The molecule has 8 nitrogen and oxygen atoms in total. The summed E-state index contributed by atoms with van der Waals surface area (Å²) in [6.45, 7) is 2.46. The number of imidazole rings is 1. The van der Waals surface area contributed by atoms with E-state index in [-0.39, 0.29) is 23.4 Å². The fraction of sp³-hybridized carbons (Fsp3) is 0.667. The number of alkyl halides is 1. The summed E-state index contributed by atoms with van der Waals surface area (Å²) in [5, 5.41) is 19.1. The number of ether oxygens (including phenoxy) is 2. The zero-order valence-electron chi connectivity index (χ0n) is 14.5. The van der Waals surface area contributed by atoms with Crippen molar-refractivity contribution < 1.29 is 24.1 Å². The minimum absolute atomic E-state index is 0.0787. The number of fused-ring (bicyclic) bond motifs is 1. The number of methoxy groups -OCH3 is 2. The van der Waals surface area contributed by atoms with Crippen molar-refractivity contribution in [2.24, 2.45) is 11.3 Å². The zero-order chi connectivity index (χ0) is 18.8. The van der Waals surface area contributed by atoms with Crippen LogP contribution in [0.3, 0.4) is 0 Å². The minimum atomic E-state index is -1.67. The van der Waals surface area contributed by atoms with Crippen LogP contribution in [0.25, 0.3) is 11.2 Å². The topological polar surface area (TPSA) is 103 Å². The van der Waals surface area contributed by atoms with Gasteiger partial charge in [0.1, 0.15) is 0 Å². The molecule has 0 fully saturated rings. The smallest absolute Gasteiger partial charge is 0.246 e. The maximum Gasteiger partial charge on any atom is 0.246 e. The molecule has 10 heteroatoms. The molecule has 4 unspecified atom stereocenters. The predicted octanol–water partition coefficient (Wildman–Crippen LogP) is 1.60. The summed E-state index contributed by atoms with van der Waals surface area (Å²) >= 11 is 5.90. The van der Waals surface area contributed by atoms with Gasteiger partial charge in [0, 0.05) is 19.1 Å². The zero-order valence-corrected chi connectivity index (χ0v) is 15.2. The quantitative estimate of drug-likeness (QED) is 0.674. The monoisotopic (exact) mass is 376 g/mol. The Morgan fingerprint density at radius 2 is 2.04 bits per heavy atom. The second-order valence-electron chi connectivity index (χ2n) is 6.10. The first kappa shape index (κ1) is 19.8. The van der Waals surface area contributed by atoms with Gasteiger partial charge in [0.2, 0.25) is 11.2 Å². The Morgan fingerprint density at radius 1 is 1.36 bits per heavy atom. The highest BCUT2D eigenvalue weighted by Crippen LogP contribution is 2.39. The van der Waals surface area contributed by atoms with E-state index >= 15 is 4.39 Å². The lowest BCUT2D eigenvalue weighted by molar-refractivity contribution is -0.110. The Kier molecular flexibility index (Phi) is 6.15. The second-order valence-corrected chi connectivity index (χ2v) is 6.44. The van der Waals surface area contributed by atoms with Crippen molar-refractivity contribution in [1.29, 1.82) is 0 Å². The third-order valence-electron chi connectivity index (χ3n) is 4.69. The van der Waals surface area contributed by atoms with Gasteiger partial charge in [0.15, 0.2) is 23.6 Å². The van der Waals surface area contributed by atoms with Crippen LogP contribution in [-0.4, -0.2) is 63.3 Å². The summed E-state index contributed by atoms with van der Waals surface area (Å²) in [5.41, 5.74) is -0.697. The van der Waals surface area contributed by atoms with E-state index in [4.69, 9.17) is 21.1 Å². The van der Waals surface area contributed by atoms with Crippen molar-refractivity contribution in [2.45, 2.75) is 26.2 Å². The number of aliphatic hydroxyl groups is 2.